The second kappa shape index (κ2) is 6.09. The van der Waals surface area contributed by atoms with Crippen LogP contribution in [0.15, 0.2) is 47.6 Å². The third-order valence-electron chi connectivity index (χ3n) is 2.53. The van der Waals surface area contributed by atoms with Gasteiger partial charge in [0.25, 0.3) is 0 Å². The summed E-state index contributed by atoms with van der Waals surface area (Å²) >= 11 is 0. The normalized spacial score (nSPS) is 10.9. The number of nitrogens with zero attached hydrogens (tertiary/aromatic N) is 1. The summed E-state index contributed by atoms with van der Waals surface area (Å²) in [5, 5.41) is 3.58. The maximum Gasteiger partial charge on any atom is 0.148 e. The van der Waals surface area contributed by atoms with Gasteiger partial charge >= 0.3 is 0 Å². The summed E-state index contributed by atoms with van der Waals surface area (Å²) in [4.78, 5) is 4.86. The van der Waals surface area contributed by atoms with E-state index < -0.39 is 11.6 Å². The van der Waals surface area contributed by atoms with Crippen LogP contribution >= 0.6 is 0 Å². The number of rotatable bonds is 4. The summed E-state index contributed by atoms with van der Waals surface area (Å²) in [6, 6.07) is 11.1. The highest BCUT2D eigenvalue weighted by Gasteiger charge is 2.08. The first-order chi connectivity index (χ1) is 9.16. The van der Waals surface area contributed by atoms with Gasteiger partial charge in [-0.15, -0.1) is 0 Å². The molecule has 0 N–H and O–H groups in total. The highest BCUT2D eigenvalue weighted by Crippen LogP contribution is 2.13. The van der Waals surface area contributed by atoms with Crippen LogP contribution in [0.4, 0.5) is 8.78 Å². The Bertz CT molecular complexity index is 576. The van der Waals surface area contributed by atoms with E-state index in [1.165, 1.54) is 18.2 Å². The fourth-order valence-corrected chi connectivity index (χ4v) is 1.57. The van der Waals surface area contributed by atoms with E-state index in [0.29, 0.717) is 0 Å². The summed E-state index contributed by atoms with van der Waals surface area (Å²) in [7, 11) is 0. The molecule has 0 aliphatic rings. The Hall–Kier alpha value is -2.23. The van der Waals surface area contributed by atoms with E-state index in [0.717, 1.165) is 11.1 Å². The molecule has 0 atom stereocenters. The predicted molar refractivity (Wildman–Crippen MR) is 68.9 cm³/mol. The minimum absolute atomic E-state index is 0.141. The molecule has 0 bridgehead atoms. The topological polar surface area (TPSA) is 21.6 Å². The van der Waals surface area contributed by atoms with Crippen LogP contribution < -0.4 is 0 Å². The van der Waals surface area contributed by atoms with Crippen LogP contribution in [0.25, 0.3) is 0 Å². The number of hydrogen-bond donors (Lipinski definition) is 0. The van der Waals surface area contributed by atoms with Crippen molar-refractivity contribution in [2.24, 2.45) is 5.16 Å². The smallest absolute Gasteiger partial charge is 0.148 e. The van der Waals surface area contributed by atoms with Gasteiger partial charge in [0.1, 0.15) is 24.5 Å². The fourth-order valence-electron chi connectivity index (χ4n) is 1.57. The predicted octanol–water partition coefficient (Wildman–Crippen LogP) is 3.70. The molecule has 2 rings (SSSR count). The van der Waals surface area contributed by atoms with E-state index in [1.54, 1.807) is 0 Å². The SMILES string of the molecule is Cc1cccc(/[C]=N\OCc2c(F)cccc2F)c1. The van der Waals surface area contributed by atoms with E-state index in [9.17, 15) is 8.78 Å². The lowest BCUT2D eigenvalue weighted by Crippen LogP contribution is -1.96. The molecule has 2 aromatic rings. The Morgan fingerprint density at radius 2 is 1.79 bits per heavy atom. The standard InChI is InChI=1S/C15H12F2NO/c1-11-4-2-5-12(8-11)9-18-19-10-13-14(16)6-3-7-15(13)17/h2-8H,10H2,1H3. The first kappa shape index (κ1) is 13.2. The van der Waals surface area contributed by atoms with Crippen molar-refractivity contribution in [1.82, 2.24) is 0 Å². The van der Waals surface area contributed by atoms with Crippen molar-refractivity contribution in [3.63, 3.8) is 0 Å². The molecule has 97 valence electrons. The third kappa shape index (κ3) is 3.61. The molecule has 2 nitrogen and oxygen atoms in total. The average Bonchev–Trinajstić information content (AvgIpc) is 2.37. The van der Waals surface area contributed by atoms with Crippen molar-refractivity contribution in [2.45, 2.75) is 13.5 Å². The van der Waals surface area contributed by atoms with Crippen LogP contribution in [0.3, 0.4) is 0 Å². The zero-order chi connectivity index (χ0) is 13.7. The van der Waals surface area contributed by atoms with Gasteiger partial charge < -0.3 is 4.84 Å². The molecule has 19 heavy (non-hydrogen) atoms. The summed E-state index contributed by atoms with van der Waals surface area (Å²) < 4.78 is 26.5. The molecule has 1 radical (unpaired) electrons. The van der Waals surface area contributed by atoms with Crippen LogP contribution in [0.2, 0.25) is 0 Å². The molecule has 0 aromatic heterocycles. The molecule has 2 aromatic carbocycles. The van der Waals surface area contributed by atoms with E-state index >= 15 is 0 Å². The Labute approximate surface area is 110 Å². The van der Waals surface area contributed by atoms with Gasteiger partial charge in [-0.2, -0.15) is 0 Å². The Morgan fingerprint density at radius 1 is 1.11 bits per heavy atom. The van der Waals surface area contributed by atoms with Crippen LogP contribution in [-0.2, 0) is 11.4 Å². The van der Waals surface area contributed by atoms with Crippen LogP contribution in [0, 0.1) is 18.6 Å². The van der Waals surface area contributed by atoms with Gasteiger partial charge in [-0.3, -0.25) is 0 Å². The molecule has 0 saturated carbocycles. The van der Waals surface area contributed by atoms with Crippen molar-refractivity contribution in [2.75, 3.05) is 0 Å². The minimum atomic E-state index is -0.647. The highest BCUT2D eigenvalue weighted by molar-refractivity contribution is 5.79. The van der Waals surface area contributed by atoms with E-state index in [4.69, 9.17) is 4.84 Å². The van der Waals surface area contributed by atoms with E-state index in [2.05, 4.69) is 11.4 Å². The first-order valence-corrected chi connectivity index (χ1v) is 5.74. The van der Waals surface area contributed by atoms with Crippen molar-refractivity contribution in [1.29, 1.82) is 0 Å². The maximum atomic E-state index is 13.3. The van der Waals surface area contributed by atoms with Crippen molar-refractivity contribution >= 4 is 6.21 Å². The Balaban J connectivity index is 1.97. The van der Waals surface area contributed by atoms with Gasteiger partial charge in [-0.05, 0) is 25.1 Å². The maximum absolute atomic E-state index is 13.3. The molecule has 0 heterocycles. The lowest BCUT2D eigenvalue weighted by molar-refractivity contribution is 0.126. The minimum Gasteiger partial charge on any atom is -0.390 e. The molecule has 0 unspecified atom stereocenters. The fraction of sp³-hybridized carbons (Fsp3) is 0.133. The molecule has 0 amide bonds. The number of benzene rings is 2. The molecule has 4 heteroatoms. The molecule has 0 saturated heterocycles. The van der Waals surface area contributed by atoms with Gasteiger partial charge in [0.2, 0.25) is 0 Å². The second-order valence-corrected chi connectivity index (χ2v) is 4.05. The largest absolute Gasteiger partial charge is 0.390 e. The summed E-state index contributed by atoms with van der Waals surface area (Å²) in [5.74, 6) is -1.29. The number of halogens is 2. The van der Waals surface area contributed by atoms with Gasteiger partial charge in [0, 0.05) is 5.56 Å². The molecular formula is C15H12F2NO. The monoisotopic (exact) mass is 260 g/mol. The second-order valence-electron chi connectivity index (χ2n) is 4.05. The van der Waals surface area contributed by atoms with Crippen molar-refractivity contribution in [3.8, 4) is 0 Å². The molecule has 0 spiro atoms. The Morgan fingerprint density at radius 3 is 2.47 bits per heavy atom. The molecule has 0 aliphatic heterocycles. The van der Waals surface area contributed by atoms with E-state index in [1.807, 2.05) is 31.2 Å². The van der Waals surface area contributed by atoms with Gasteiger partial charge in [0.15, 0.2) is 0 Å². The number of aryl methyl sites for hydroxylation is 1. The first-order valence-electron chi connectivity index (χ1n) is 5.74. The van der Waals surface area contributed by atoms with Crippen LogP contribution in [0.1, 0.15) is 16.7 Å². The summed E-state index contributed by atoms with van der Waals surface area (Å²) in [6.07, 6.45) is 2.65. The van der Waals surface area contributed by atoms with Crippen molar-refractivity contribution in [3.05, 3.63) is 70.8 Å². The van der Waals surface area contributed by atoms with Gasteiger partial charge in [0.05, 0.1) is 5.56 Å². The van der Waals surface area contributed by atoms with Crippen LogP contribution in [0.5, 0.6) is 0 Å². The molecular weight excluding hydrogens is 248 g/mol. The summed E-state index contributed by atoms with van der Waals surface area (Å²) in [6.45, 7) is 1.68. The van der Waals surface area contributed by atoms with E-state index in [-0.39, 0.29) is 12.2 Å². The molecule has 0 fully saturated rings. The number of hydrogen-bond acceptors (Lipinski definition) is 2. The molecule has 0 aliphatic carbocycles. The summed E-state index contributed by atoms with van der Waals surface area (Å²) in [5.41, 5.74) is 1.67. The van der Waals surface area contributed by atoms with Crippen molar-refractivity contribution < 1.29 is 13.6 Å². The Kier molecular flexibility index (Phi) is 4.23. The highest BCUT2D eigenvalue weighted by atomic mass is 19.1. The van der Waals surface area contributed by atoms with Crippen LogP contribution in [-0.4, -0.2) is 6.21 Å². The van der Waals surface area contributed by atoms with Gasteiger partial charge in [-0.25, -0.2) is 8.78 Å². The zero-order valence-corrected chi connectivity index (χ0v) is 10.4. The lowest BCUT2D eigenvalue weighted by atomic mass is 10.2. The quantitative estimate of drug-likeness (QED) is 0.606. The average molecular weight is 260 g/mol. The zero-order valence-electron chi connectivity index (χ0n) is 10.4. The van der Waals surface area contributed by atoms with Gasteiger partial charge in [-0.1, -0.05) is 35.0 Å². The third-order valence-corrected chi connectivity index (χ3v) is 2.53. The lowest BCUT2D eigenvalue weighted by Gasteiger charge is -2.02.